The quantitative estimate of drug-likeness (QED) is 0.498. The molecule has 0 saturated heterocycles. The summed E-state index contributed by atoms with van der Waals surface area (Å²) in [5.74, 6) is 0. The minimum Gasteiger partial charge on any atom is -0.0881 e. The van der Waals surface area contributed by atoms with Gasteiger partial charge in [-0.3, -0.25) is 0 Å². The molecule has 0 spiro atoms. The predicted molar refractivity (Wildman–Crippen MR) is 118 cm³/mol. The molecule has 24 heavy (non-hydrogen) atoms. The fourth-order valence-electron chi connectivity index (χ4n) is 2.53. The van der Waals surface area contributed by atoms with Crippen molar-refractivity contribution < 1.29 is 0 Å². The van der Waals surface area contributed by atoms with Crippen molar-refractivity contribution in [3.05, 3.63) is 91.0 Å². The van der Waals surface area contributed by atoms with E-state index in [4.69, 9.17) is 0 Å². The van der Waals surface area contributed by atoms with E-state index in [9.17, 15) is 0 Å². The van der Waals surface area contributed by atoms with Crippen LogP contribution in [0.4, 0.5) is 0 Å². The van der Waals surface area contributed by atoms with Gasteiger partial charge in [-0.05, 0) is 23.8 Å². The van der Waals surface area contributed by atoms with Crippen LogP contribution in [0.3, 0.4) is 0 Å². The first kappa shape index (κ1) is 18.6. The lowest BCUT2D eigenvalue weighted by atomic mass is 9.27. The van der Waals surface area contributed by atoms with Crippen LogP contribution in [0.5, 0.6) is 0 Å². The maximum Gasteiger partial charge on any atom is 0.0776 e. The van der Waals surface area contributed by atoms with Crippen molar-refractivity contribution in [2.45, 2.75) is 13.2 Å². The summed E-state index contributed by atoms with van der Waals surface area (Å²) < 4.78 is 0. The molecule has 0 heterocycles. The molecule has 0 saturated carbocycles. The van der Waals surface area contributed by atoms with Gasteiger partial charge in [-0.25, -0.2) is 0 Å². The zero-order valence-electron chi connectivity index (χ0n) is 14.7. The topological polar surface area (TPSA) is 0 Å². The first-order valence-electron chi connectivity index (χ1n) is 8.82. The van der Waals surface area contributed by atoms with Gasteiger partial charge < -0.3 is 0 Å². The Hall–Kier alpha value is -1.72. The Morgan fingerprint density at radius 1 is 0.667 bits per heavy atom. The van der Waals surface area contributed by atoms with E-state index >= 15 is 0 Å². The molecule has 0 radical (unpaired) electrons. The van der Waals surface area contributed by atoms with Crippen LogP contribution < -0.4 is 15.9 Å². The summed E-state index contributed by atoms with van der Waals surface area (Å²) in [7, 11) is 4.50. The van der Waals surface area contributed by atoms with Crippen LogP contribution in [-0.2, 0) is 0 Å². The molecule has 0 atom stereocenters. The van der Waals surface area contributed by atoms with Gasteiger partial charge >= 0.3 is 0 Å². The third-order valence-corrected chi connectivity index (χ3v) is 6.19. The highest BCUT2D eigenvalue weighted by atomic mass is 31.1. The summed E-state index contributed by atoms with van der Waals surface area (Å²) in [6, 6.07) is 32.3. The van der Waals surface area contributed by atoms with E-state index in [0.29, 0.717) is 0 Å². The summed E-state index contributed by atoms with van der Waals surface area (Å²) in [5.41, 5.74) is 0. The van der Waals surface area contributed by atoms with Crippen LogP contribution >= 0.6 is 7.92 Å². The Morgan fingerprint density at radius 2 is 1.00 bits per heavy atom. The van der Waals surface area contributed by atoms with Gasteiger partial charge in [0.05, 0.1) is 22.0 Å². The molecule has 0 unspecified atom stereocenters. The van der Waals surface area contributed by atoms with Gasteiger partial charge in [0.1, 0.15) is 0 Å². The fourth-order valence-corrected chi connectivity index (χ4v) is 4.84. The molecular weight excluding hydrogens is 304 g/mol. The van der Waals surface area contributed by atoms with Gasteiger partial charge in [-0.15, -0.1) is 0 Å². The SMILES string of the molecule is BBBCC.c1ccc(P(c2ccccc2)c2ccccc2)cc1. The maximum absolute atomic E-state index is 2.23. The van der Waals surface area contributed by atoms with Gasteiger partial charge in [0.25, 0.3) is 0 Å². The molecule has 0 amide bonds. The van der Waals surface area contributed by atoms with Crippen molar-refractivity contribution >= 4 is 45.8 Å². The maximum atomic E-state index is 2.23. The van der Waals surface area contributed by atoms with Gasteiger partial charge in [0.2, 0.25) is 0 Å². The molecule has 0 aliphatic rings. The van der Waals surface area contributed by atoms with Crippen LogP contribution in [0.25, 0.3) is 0 Å². The molecule has 0 aromatic heterocycles. The lowest BCUT2D eigenvalue weighted by molar-refractivity contribution is 1.47. The van der Waals surface area contributed by atoms with Gasteiger partial charge in [0.15, 0.2) is 0 Å². The van der Waals surface area contributed by atoms with Gasteiger partial charge in [-0.2, -0.15) is 0 Å². The Bertz CT molecular complexity index is 579. The Balaban J connectivity index is 0.000000368. The summed E-state index contributed by atoms with van der Waals surface area (Å²) in [5, 5.41) is 4.19. The predicted octanol–water partition coefficient (Wildman–Crippen LogP) is 2.21. The van der Waals surface area contributed by atoms with Crippen LogP contribution in [-0.4, -0.2) is 22.0 Å². The fraction of sp³-hybridized carbons (Fsp3) is 0.100. The normalized spacial score (nSPS) is 9.75. The number of rotatable bonds is 5. The Morgan fingerprint density at radius 3 is 1.21 bits per heavy atom. The molecule has 0 aliphatic heterocycles. The first-order chi connectivity index (χ1) is 11.9. The van der Waals surface area contributed by atoms with Crippen molar-refractivity contribution in [1.29, 1.82) is 0 Å². The first-order valence-corrected chi connectivity index (χ1v) is 10.2. The molecule has 0 bridgehead atoms. The lowest BCUT2D eigenvalue weighted by Crippen LogP contribution is -2.20. The zero-order chi connectivity index (χ0) is 17.0. The Kier molecular flexibility index (Phi) is 8.49. The average Bonchev–Trinajstić information content (AvgIpc) is 2.66. The molecule has 0 fully saturated rings. The van der Waals surface area contributed by atoms with Crippen LogP contribution in [0.15, 0.2) is 91.0 Å². The highest BCUT2D eigenvalue weighted by molar-refractivity contribution is 7.79. The second-order valence-electron chi connectivity index (χ2n) is 5.70. The van der Waals surface area contributed by atoms with Crippen molar-refractivity contribution in [3.8, 4) is 0 Å². The van der Waals surface area contributed by atoms with Crippen LogP contribution in [0, 0.1) is 0 Å². The van der Waals surface area contributed by atoms with Crippen LogP contribution in [0.1, 0.15) is 6.92 Å². The highest BCUT2D eigenvalue weighted by Gasteiger charge is 2.14. The molecule has 0 N–H and O–H groups in total. The third-order valence-electron chi connectivity index (χ3n) is 3.75. The minimum absolute atomic E-state index is 0.446. The van der Waals surface area contributed by atoms with Crippen molar-refractivity contribution in [2.75, 3.05) is 0 Å². The van der Waals surface area contributed by atoms with E-state index in [0.717, 1.165) is 0 Å². The molecule has 0 aliphatic carbocycles. The van der Waals surface area contributed by atoms with E-state index in [1.54, 1.807) is 0 Å². The number of hydrogen-bond donors (Lipinski definition) is 0. The lowest BCUT2D eigenvalue weighted by Gasteiger charge is -2.18. The standard InChI is InChI=1S/C18H15P.C2H9B3/c1-4-10-16(11-5-1)19(17-12-6-2-7-13-17)18-14-8-3-9-15-18;1-2-4-5-3/h1-15H;4-5H,2-3H2,1H3. The van der Waals surface area contributed by atoms with E-state index in [-0.39, 0.29) is 0 Å². The van der Waals surface area contributed by atoms with E-state index in [2.05, 4.69) is 106 Å². The van der Waals surface area contributed by atoms with Crippen LogP contribution in [0.2, 0.25) is 6.32 Å². The highest BCUT2D eigenvalue weighted by Crippen LogP contribution is 2.32. The monoisotopic (exact) mass is 328 g/mol. The van der Waals surface area contributed by atoms with E-state index in [1.165, 1.54) is 36.5 Å². The van der Waals surface area contributed by atoms with Gasteiger partial charge in [0, 0.05) is 0 Å². The second-order valence-corrected chi connectivity index (χ2v) is 7.92. The minimum atomic E-state index is -0.446. The van der Waals surface area contributed by atoms with Crippen molar-refractivity contribution in [2.24, 2.45) is 0 Å². The molecule has 118 valence electrons. The summed E-state index contributed by atoms with van der Waals surface area (Å²) in [6.45, 7) is 2.21. The molecule has 3 aromatic rings. The summed E-state index contributed by atoms with van der Waals surface area (Å²) in [6.07, 6.45) is 1.34. The van der Waals surface area contributed by atoms with Crippen molar-refractivity contribution in [1.82, 2.24) is 0 Å². The summed E-state index contributed by atoms with van der Waals surface area (Å²) >= 11 is 0. The van der Waals surface area contributed by atoms with E-state index in [1.807, 2.05) is 0 Å². The van der Waals surface area contributed by atoms with Gasteiger partial charge in [-0.1, -0.05) is 104 Å². The number of benzene rings is 3. The molecule has 3 aromatic carbocycles. The summed E-state index contributed by atoms with van der Waals surface area (Å²) in [4.78, 5) is 0. The Labute approximate surface area is 150 Å². The second kappa shape index (κ2) is 10.9. The molecular formula is C20H24B3P. The molecule has 0 nitrogen and oxygen atoms in total. The third kappa shape index (κ3) is 5.73. The zero-order valence-corrected chi connectivity index (χ0v) is 15.6. The largest absolute Gasteiger partial charge is 0.0881 e. The van der Waals surface area contributed by atoms with E-state index < -0.39 is 7.92 Å². The molecule has 3 rings (SSSR count). The average molecular weight is 328 g/mol. The van der Waals surface area contributed by atoms with Crippen molar-refractivity contribution in [3.63, 3.8) is 0 Å². The smallest absolute Gasteiger partial charge is 0.0776 e. The molecule has 4 heteroatoms. The number of hydrogen-bond acceptors (Lipinski definition) is 0.